The minimum Gasteiger partial charge on any atom is -0.356 e. The van der Waals surface area contributed by atoms with E-state index in [0.29, 0.717) is 17.0 Å². The summed E-state index contributed by atoms with van der Waals surface area (Å²) in [4.78, 5) is 25.3. The van der Waals surface area contributed by atoms with Gasteiger partial charge >= 0.3 is 0 Å². The topological polar surface area (TPSA) is 88.0 Å². The molecule has 1 aromatic carbocycles. The first-order valence-electron chi connectivity index (χ1n) is 6.70. The zero-order valence-corrected chi connectivity index (χ0v) is 11.6. The molecule has 0 spiro atoms. The van der Waals surface area contributed by atoms with Crippen LogP contribution in [0.2, 0.25) is 0 Å². The smallest absolute Gasteiger partial charge is 0.253 e. The van der Waals surface area contributed by atoms with Crippen LogP contribution >= 0.6 is 0 Å². The predicted octanol–water partition coefficient (Wildman–Crippen LogP) is 1.96. The number of nitrogens with zero attached hydrogens (tertiary/aromatic N) is 1. The van der Waals surface area contributed by atoms with Crippen molar-refractivity contribution in [3.63, 3.8) is 0 Å². The predicted molar refractivity (Wildman–Crippen MR) is 80.2 cm³/mol. The summed E-state index contributed by atoms with van der Waals surface area (Å²) in [5.41, 5.74) is 1.68. The molecule has 22 heavy (non-hydrogen) atoms. The summed E-state index contributed by atoms with van der Waals surface area (Å²) >= 11 is 0. The van der Waals surface area contributed by atoms with Gasteiger partial charge in [-0.2, -0.15) is 0 Å². The summed E-state index contributed by atoms with van der Waals surface area (Å²) in [5.74, 6) is 0.356. The van der Waals surface area contributed by atoms with Crippen molar-refractivity contribution in [1.82, 2.24) is 15.5 Å². The van der Waals surface area contributed by atoms with E-state index in [-0.39, 0.29) is 18.0 Å². The second-order valence-corrected chi connectivity index (χ2v) is 4.67. The van der Waals surface area contributed by atoms with Crippen LogP contribution < -0.4 is 10.9 Å². The summed E-state index contributed by atoms with van der Waals surface area (Å²) in [6.45, 7) is 0.244. The number of hydrogen-bond donors (Lipinski definition) is 2. The maximum Gasteiger partial charge on any atom is 0.253 e. The number of aromatic nitrogens is 2. The number of nitrogens with one attached hydrogen (secondary N) is 2. The second kappa shape index (κ2) is 6.09. The second-order valence-electron chi connectivity index (χ2n) is 4.67. The molecule has 0 aliphatic carbocycles. The Kier molecular flexibility index (Phi) is 3.82. The number of H-pyrrole nitrogens is 1. The Labute approximate surface area is 125 Å². The Hall–Kier alpha value is -3.15. The lowest BCUT2D eigenvalue weighted by Crippen LogP contribution is -2.23. The van der Waals surface area contributed by atoms with Crippen LogP contribution in [0.25, 0.3) is 11.3 Å². The van der Waals surface area contributed by atoms with Gasteiger partial charge in [0.15, 0.2) is 5.76 Å². The Bertz CT molecular complexity index is 817. The van der Waals surface area contributed by atoms with Crippen molar-refractivity contribution < 1.29 is 9.32 Å². The Morgan fingerprint density at radius 3 is 2.73 bits per heavy atom. The largest absolute Gasteiger partial charge is 0.356 e. The van der Waals surface area contributed by atoms with Crippen molar-refractivity contribution in [1.29, 1.82) is 0 Å². The summed E-state index contributed by atoms with van der Waals surface area (Å²) in [6, 6.07) is 14.1. The molecule has 110 valence electrons. The number of hydrogen-bond acceptors (Lipinski definition) is 4. The molecule has 6 heteroatoms. The summed E-state index contributed by atoms with van der Waals surface area (Å²) in [7, 11) is 0. The van der Waals surface area contributed by atoms with Crippen LogP contribution in [0.4, 0.5) is 0 Å². The highest BCUT2D eigenvalue weighted by molar-refractivity contribution is 5.93. The lowest BCUT2D eigenvalue weighted by Gasteiger charge is -2.01. The molecule has 0 aliphatic heterocycles. The van der Waals surface area contributed by atoms with Crippen LogP contribution in [0.1, 0.15) is 16.1 Å². The first-order chi connectivity index (χ1) is 10.7. The van der Waals surface area contributed by atoms with Crippen molar-refractivity contribution in [2.24, 2.45) is 0 Å². The number of pyridine rings is 1. The molecule has 0 atom stereocenters. The summed E-state index contributed by atoms with van der Waals surface area (Å²) < 4.78 is 5.26. The van der Waals surface area contributed by atoms with E-state index in [1.807, 2.05) is 30.3 Å². The van der Waals surface area contributed by atoms with Crippen LogP contribution in [0.5, 0.6) is 0 Å². The Balaban J connectivity index is 1.65. The monoisotopic (exact) mass is 295 g/mol. The van der Waals surface area contributed by atoms with Gasteiger partial charge in [0.05, 0.1) is 12.1 Å². The number of benzene rings is 1. The van der Waals surface area contributed by atoms with Gasteiger partial charge in [-0.15, -0.1) is 0 Å². The van der Waals surface area contributed by atoms with Gasteiger partial charge in [-0.25, -0.2) is 0 Å². The van der Waals surface area contributed by atoms with Gasteiger partial charge < -0.3 is 14.8 Å². The van der Waals surface area contributed by atoms with Crippen LogP contribution in [-0.2, 0) is 6.54 Å². The molecule has 0 fully saturated rings. The van der Waals surface area contributed by atoms with Gasteiger partial charge in [-0.3, -0.25) is 9.59 Å². The van der Waals surface area contributed by atoms with E-state index in [0.717, 1.165) is 5.56 Å². The Morgan fingerprint density at radius 2 is 2.00 bits per heavy atom. The average molecular weight is 295 g/mol. The highest BCUT2D eigenvalue weighted by atomic mass is 16.5. The van der Waals surface area contributed by atoms with Gasteiger partial charge in [0.2, 0.25) is 5.56 Å². The normalized spacial score (nSPS) is 10.4. The maximum atomic E-state index is 11.9. The van der Waals surface area contributed by atoms with E-state index < -0.39 is 0 Å². The number of aromatic amines is 1. The molecule has 2 N–H and O–H groups in total. The number of carbonyl (C=O) groups excluding carboxylic acids is 1. The van der Waals surface area contributed by atoms with Gasteiger partial charge in [-0.1, -0.05) is 35.5 Å². The molecule has 3 aromatic rings. The van der Waals surface area contributed by atoms with Gasteiger partial charge in [-0.05, 0) is 6.07 Å². The molecular weight excluding hydrogens is 282 g/mol. The molecule has 3 rings (SSSR count). The lowest BCUT2D eigenvalue weighted by atomic mass is 10.1. The van der Waals surface area contributed by atoms with E-state index in [2.05, 4.69) is 15.5 Å². The molecule has 0 saturated heterocycles. The van der Waals surface area contributed by atoms with Crippen LogP contribution in [-0.4, -0.2) is 16.0 Å². The first-order valence-corrected chi connectivity index (χ1v) is 6.70. The average Bonchev–Trinajstić information content (AvgIpc) is 3.03. The Morgan fingerprint density at radius 1 is 1.18 bits per heavy atom. The molecule has 0 radical (unpaired) electrons. The first kappa shape index (κ1) is 13.8. The van der Waals surface area contributed by atoms with E-state index in [1.165, 1.54) is 18.3 Å². The molecule has 0 saturated carbocycles. The molecule has 0 aliphatic rings. The number of carbonyl (C=O) groups is 1. The highest BCUT2D eigenvalue weighted by Crippen LogP contribution is 2.19. The third-order valence-electron chi connectivity index (χ3n) is 3.09. The van der Waals surface area contributed by atoms with E-state index >= 15 is 0 Å². The van der Waals surface area contributed by atoms with Crippen LogP contribution in [0.3, 0.4) is 0 Å². The van der Waals surface area contributed by atoms with Crippen molar-refractivity contribution in [2.45, 2.75) is 6.54 Å². The third kappa shape index (κ3) is 3.12. The standard InChI is InChI=1S/C16H13N3O3/c20-15-7-6-12(9-17-15)16(21)18-10-13-8-14(22-19-13)11-4-2-1-3-5-11/h1-9H,10H2,(H,17,20)(H,18,21). The quantitative estimate of drug-likeness (QED) is 0.770. The molecule has 2 heterocycles. The molecule has 2 aromatic heterocycles. The van der Waals surface area contributed by atoms with Gasteiger partial charge in [0.25, 0.3) is 5.91 Å². The lowest BCUT2D eigenvalue weighted by molar-refractivity contribution is 0.0949. The molecule has 0 unspecified atom stereocenters. The van der Waals surface area contributed by atoms with Gasteiger partial charge in [0, 0.05) is 23.9 Å². The van der Waals surface area contributed by atoms with Crippen LogP contribution in [0.15, 0.2) is 64.0 Å². The molecule has 6 nitrogen and oxygen atoms in total. The van der Waals surface area contributed by atoms with E-state index in [9.17, 15) is 9.59 Å². The number of amides is 1. The minimum absolute atomic E-state index is 0.244. The van der Waals surface area contributed by atoms with Crippen molar-refractivity contribution in [2.75, 3.05) is 0 Å². The molecule has 1 amide bonds. The zero-order chi connectivity index (χ0) is 15.4. The van der Waals surface area contributed by atoms with Gasteiger partial charge in [0.1, 0.15) is 5.69 Å². The highest BCUT2D eigenvalue weighted by Gasteiger charge is 2.09. The van der Waals surface area contributed by atoms with E-state index in [4.69, 9.17) is 4.52 Å². The molecular formula is C16H13N3O3. The fraction of sp³-hybridized carbons (Fsp3) is 0.0625. The molecule has 0 bridgehead atoms. The zero-order valence-electron chi connectivity index (χ0n) is 11.6. The van der Waals surface area contributed by atoms with Crippen molar-refractivity contribution in [3.05, 3.63) is 76.3 Å². The fourth-order valence-electron chi connectivity index (χ4n) is 1.96. The van der Waals surface area contributed by atoms with Crippen molar-refractivity contribution >= 4 is 5.91 Å². The maximum absolute atomic E-state index is 11.9. The number of rotatable bonds is 4. The fourth-order valence-corrected chi connectivity index (χ4v) is 1.96. The summed E-state index contributed by atoms with van der Waals surface area (Å²) in [5, 5.41) is 6.64. The van der Waals surface area contributed by atoms with Crippen molar-refractivity contribution in [3.8, 4) is 11.3 Å². The SMILES string of the molecule is O=C(NCc1cc(-c2ccccc2)on1)c1ccc(=O)[nH]c1. The van der Waals surface area contributed by atoms with E-state index in [1.54, 1.807) is 6.07 Å². The minimum atomic E-state index is -0.291. The summed E-state index contributed by atoms with van der Waals surface area (Å²) in [6.07, 6.45) is 1.37. The third-order valence-corrected chi connectivity index (χ3v) is 3.09. The van der Waals surface area contributed by atoms with Crippen LogP contribution in [0, 0.1) is 0 Å².